The van der Waals surface area contributed by atoms with Gasteiger partial charge in [0.15, 0.2) is 5.82 Å². The SMILES string of the molecule is CCC1SCCSC1c1noc(C2CC3CCC2N3)n1. The number of nitrogens with zero attached hydrogens (tertiary/aromatic N) is 2. The number of rotatable bonds is 3. The molecule has 3 fully saturated rings. The first-order valence-electron chi connectivity index (χ1n) is 7.68. The lowest BCUT2D eigenvalue weighted by Gasteiger charge is -2.27. The van der Waals surface area contributed by atoms with Crippen LogP contribution in [0.3, 0.4) is 0 Å². The van der Waals surface area contributed by atoms with Crippen molar-refractivity contribution < 1.29 is 4.52 Å². The number of hydrogen-bond donors (Lipinski definition) is 1. The van der Waals surface area contributed by atoms with E-state index in [-0.39, 0.29) is 0 Å². The Kier molecular flexibility index (Phi) is 3.73. The highest BCUT2D eigenvalue weighted by atomic mass is 32.2. The second-order valence-electron chi connectivity index (χ2n) is 5.99. The average molecular weight is 311 g/mol. The number of aromatic nitrogens is 2. The van der Waals surface area contributed by atoms with Gasteiger partial charge >= 0.3 is 0 Å². The molecule has 1 aromatic rings. The minimum Gasteiger partial charge on any atom is -0.339 e. The van der Waals surface area contributed by atoms with Gasteiger partial charge in [-0.15, -0.1) is 11.8 Å². The molecule has 0 aliphatic carbocycles. The molecule has 4 nitrogen and oxygen atoms in total. The molecule has 0 spiro atoms. The van der Waals surface area contributed by atoms with Gasteiger partial charge in [-0.3, -0.25) is 0 Å². The van der Waals surface area contributed by atoms with Crippen LogP contribution < -0.4 is 5.32 Å². The van der Waals surface area contributed by atoms with Crippen LogP contribution in [0.15, 0.2) is 4.52 Å². The third-order valence-corrected chi connectivity index (χ3v) is 8.02. The fourth-order valence-electron chi connectivity index (χ4n) is 3.75. The molecule has 3 aliphatic heterocycles. The first-order valence-corrected chi connectivity index (χ1v) is 9.77. The fourth-order valence-corrected chi connectivity index (χ4v) is 6.73. The van der Waals surface area contributed by atoms with Crippen LogP contribution in [0, 0.1) is 0 Å². The second-order valence-corrected chi connectivity index (χ2v) is 8.59. The van der Waals surface area contributed by atoms with Crippen molar-refractivity contribution in [2.75, 3.05) is 11.5 Å². The molecule has 20 heavy (non-hydrogen) atoms. The molecule has 0 amide bonds. The van der Waals surface area contributed by atoms with Gasteiger partial charge in [-0.25, -0.2) is 0 Å². The van der Waals surface area contributed by atoms with E-state index in [1.807, 2.05) is 11.8 Å². The van der Waals surface area contributed by atoms with Gasteiger partial charge < -0.3 is 9.84 Å². The highest BCUT2D eigenvalue weighted by Gasteiger charge is 2.43. The molecule has 1 N–H and O–H groups in total. The van der Waals surface area contributed by atoms with Gasteiger partial charge in [0.1, 0.15) is 0 Å². The third kappa shape index (κ3) is 2.29. The summed E-state index contributed by atoms with van der Waals surface area (Å²) < 4.78 is 5.62. The van der Waals surface area contributed by atoms with E-state index in [4.69, 9.17) is 9.51 Å². The van der Waals surface area contributed by atoms with E-state index in [9.17, 15) is 0 Å². The van der Waals surface area contributed by atoms with Crippen molar-refractivity contribution in [3.05, 3.63) is 11.7 Å². The molecular weight excluding hydrogens is 290 g/mol. The van der Waals surface area contributed by atoms with E-state index < -0.39 is 0 Å². The largest absolute Gasteiger partial charge is 0.339 e. The Labute approximate surface area is 128 Å². The molecule has 0 aromatic carbocycles. The predicted molar refractivity (Wildman–Crippen MR) is 83.3 cm³/mol. The van der Waals surface area contributed by atoms with Gasteiger partial charge in [0.25, 0.3) is 0 Å². The zero-order valence-electron chi connectivity index (χ0n) is 11.7. The highest BCUT2D eigenvalue weighted by Crippen LogP contribution is 2.44. The smallest absolute Gasteiger partial charge is 0.231 e. The number of hydrogen-bond acceptors (Lipinski definition) is 6. The molecule has 3 aliphatic rings. The van der Waals surface area contributed by atoms with E-state index >= 15 is 0 Å². The van der Waals surface area contributed by atoms with Gasteiger partial charge in [0.2, 0.25) is 5.89 Å². The molecule has 0 saturated carbocycles. The summed E-state index contributed by atoms with van der Waals surface area (Å²) in [4.78, 5) is 4.78. The normalized spacial score (nSPS) is 40.4. The zero-order valence-corrected chi connectivity index (χ0v) is 13.4. The van der Waals surface area contributed by atoms with Gasteiger partial charge in [-0.05, 0) is 25.7 Å². The molecule has 5 unspecified atom stereocenters. The summed E-state index contributed by atoms with van der Waals surface area (Å²) in [5.74, 6) is 4.72. The summed E-state index contributed by atoms with van der Waals surface area (Å²) in [5, 5.41) is 9.02. The van der Waals surface area contributed by atoms with Gasteiger partial charge in [0.05, 0.1) is 11.2 Å². The Bertz CT molecular complexity index is 481. The van der Waals surface area contributed by atoms with Crippen LogP contribution in [-0.2, 0) is 0 Å². The number of nitrogens with one attached hydrogen (secondary N) is 1. The lowest BCUT2D eigenvalue weighted by molar-refractivity contribution is 0.326. The summed E-state index contributed by atoms with van der Waals surface area (Å²) in [7, 11) is 0. The van der Waals surface area contributed by atoms with Crippen LogP contribution in [0.25, 0.3) is 0 Å². The van der Waals surface area contributed by atoms with Crippen LogP contribution in [0.4, 0.5) is 0 Å². The van der Waals surface area contributed by atoms with Crippen LogP contribution >= 0.6 is 23.5 Å². The Hall–Kier alpha value is -0.200. The standard InChI is InChI=1S/C14H21N3OS2/c1-2-11-12(20-6-5-19-11)13-16-14(18-17-13)9-7-8-3-4-10(9)15-8/h8-12,15H,2-7H2,1H3. The monoisotopic (exact) mass is 311 g/mol. The Morgan fingerprint density at radius 1 is 1.30 bits per heavy atom. The van der Waals surface area contributed by atoms with E-state index in [0.717, 1.165) is 11.7 Å². The van der Waals surface area contributed by atoms with E-state index in [1.165, 1.54) is 37.2 Å². The van der Waals surface area contributed by atoms with Gasteiger partial charge in [-0.2, -0.15) is 16.7 Å². The highest BCUT2D eigenvalue weighted by molar-refractivity contribution is 8.06. The average Bonchev–Trinajstić information content (AvgIpc) is 3.22. The number of fused-ring (bicyclic) bond motifs is 2. The molecule has 1 aromatic heterocycles. The number of thioether (sulfide) groups is 2. The minimum absolute atomic E-state index is 0.419. The quantitative estimate of drug-likeness (QED) is 0.926. The molecule has 3 saturated heterocycles. The molecule has 0 radical (unpaired) electrons. The molecule has 6 heteroatoms. The molecule has 2 bridgehead atoms. The van der Waals surface area contributed by atoms with E-state index in [2.05, 4.69) is 29.2 Å². The van der Waals surface area contributed by atoms with Crippen LogP contribution in [0.1, 0.15) is 55.5 Å². The lowest BCUT2D eigenvalue weighted by atomic mass is 9.89. The zero-order chi connectivity index (χ0) is 13.5. The maximum absolute atomic E-state index is 5.62. The van der Waals surface area contributed by atoms with Crippen LogP contribution in [-0.4, -0.2) is 39.0 Å². The second kappa shape index (κ2) is 5.54. The Balaban J connectivity index is 1.52. The lowest BCUT2D eigenvalue weighted by Crippen LogP contribution is -2.22. The van der Waals surface area contributed by atoms with Crippen LogP contribution in [0.2, 0.25) is 0 Å². The first-order chi connectivity index (χ1) is 9.85. The van der Waals surface area contributed by atoms with E-state index in [0.29, 0.717) is 28.5 Å². The molecule has 4 heterocycles. The minimum atomic E-state index is 0.419. The van der Waals surface area contributed by atoms with E-state index in [1.54, 1.807) is 0 Å². The molecule has 5 atom stereocenters. The van der Waals surface area contributed by atoms with Crippen molar-refractivity contribution in [3.8, 4) is 0 Å². The third-order valence-electron chi connectivity index (χ3n) is 4.78. The van der Waals surface area contributed by atoms with Crippen molar-refractivity contribution in [2.24, 2.45) is 0 Å². The summed E-state index contributed by atoms with van der Waals surface area (Å²) >= 11 is 4.06. The maximum atomic E-state index is 5.62. The van der Waals surface area contributed by atoms with Crippen molar-refractivity contribution in [3.63, 3.8) is 0 Å². The van der Waals surface area contributed by atoms with Crippen molar-refractivity contribution in [1.29, 1.82) is 0 Å². The predicted octanol–water partition coefficient (Wildman–Crippen LogP) is 2.98. The summed E-state index contributed by atoms with van der Waals surface area (Å²) in [6, 6.07) is 1.26. The molecule has 110 valence electrons. The topological polar surface area (TPSA) is 51.0 Å². The fraction of sp³-hybridized carbons (Fsp3) is 0.857. The Morgan fingerprint density at radius 2 is 2.20 bits per heavy atom. The first kappa shape index (κ1) is 13.5. The molecular formula is C14H21N3OS2. The summed E-state index contributed by atoms with van der Waals surface area (Å²) in [6.45, 7) is 2.26. The Morgan fingerprint density at radius 3 is 2.95 bits per heavy atom. The molecule has 4 rings (SSSR count). The van der Waals surface area contributed by atoms with Crippen molar-refractivity contribution in [1.82, 2.24) is 15.5 Å². The maximum Gasteiger partial charge on any atom is 0.231 e. The summed E-state index contributed by atoms with van der Waals surface area (Å²) in [5.41, 5.74) is 0. The van der Waals surface area contributed by atoms with Gasteiger partial charge in [0, 0.05) is 28.8 Å². The van der Waals surface area contributed by atoms with Crippen molar-refractivity contribution in [2.45, 2.75) is 61.1 Å². The summed E-state index contributed by atoms with van der Waals surface area (Å²) in [6.07, 6.45) is 4.94. The van der Waals surface area contributed by atoms with Crippen LogP contribution in [0.5, 0.6) is 0 Å². The van der Waals surface area contributed by atoms with Gasteiger partial charge in [-0.1, -0.05) is 12.1 Å². The van der Waals surface area contributed by atoms with Crippen molar-refractivity contribution >= 4 is 23.5 Å².